The molecule has 3 rings (SSSR count). The van der Waals surface area contributed by atoms with E-state index in [1.807, 2.05) is 23.6 Å². The number of furan rings is 1. The lowest BCUT2D eigenvalue weighted by Crippen LogP contribution is -2.07. The summed E-state index contributed by atoms with van der Waals surface area (Å²) >= 11 is 1.62. The van der Waals surface area contributed by atoms with E-state index in [9.17, 15) is 0 Å². The average molecular weight is 288 g/mol. The summed E-state index contributed by atoms with van der Waals surface area (Å²) in [6.07, 6.45) is 2.71. The molecule has 0 unspecified atom stereocenters. The molecule has 6 heteroatoms. The van der Waals surface area contributed by atoms with E-state index in [4.69, 9.17) is 4.42 Å². The highest BCUT2D eigenvalue weighted by Gasteiger charge is 2.09. The quantitative estimate of drug-likeness (QED) is 0.724. The summed E-state index contributed by atoms with van der Waals surface area (Å²) in [6.45, 7) is 3.60. The highest BCUT2D eigenvalue weighted by Crippen LogP contribution is 2.26. The fraction of sp³-hybridized carbons (Fsp3) is 0.286. The van der Waals surface area contributed by atoms with Crippen molar-refractivity contribution >= 4 is 33.3 Å². The van der Waals surface area contributed by atoms with Crippen LogP contribution in [0, 0.1) is 0 Å². The summed E-state index contributed by atoms with van der Waals surface area (Å²) in [7, 11) is 0. The minimum absolute atomic E-state index is 0.613. The maximum absolute atomic E-state index is 5.32. The number of nitrogens with zero attached hydrogens (tertiary/aromatic N) is 2. The van der Waals surface area contributed by atoms with Crippen LogP contribution in [0.3, 0.4) is 0 Å². The summed E-state index contributed by atoms with van der Waals surface area (Å²) in [6, 6.07) is 5.86. The van der Waals surface area contributed by atoms with Gasteiger partial charge in [-0.1, -0.05) is 6.92 Å². The zero-order valence-corrected chi connectivity index (χ0v) is 12.0. The van der Waals surface area contributed by atoms with Gasteiger partial charge in [-0.2, -0.15) is 4.98 Å². The minimum Gasteiger partial charge on any atom is -0.467 e. The molecule has 0 aliphatic heterocycles. The molecule has 0 aromatic carbocycles. The van der Waals surface area contributed by atoms with Crippen LogP contribution in [0.25, 0.3) is 10.2 Å². The maximum Gasteiger partial charge on any atom is 0.226 e. The smallest absolute Gasteiger partial charge is 0.226 e. The number of aromatic nitrogens is 2. The fourth-order valence-corrected chi connectivity index (χ4v) is 2.65. The number of hydrogen-bond acceptors (Lipinski definition) is 6. The van der Waals surface area contributed by atoms with E-state index in [1.165, 1.54) is 0 Å². The lowest BCUT2D eigenvalue weighted by atomic mass is 10.3. The molecule has 0 aliphatic carbocycles. The standard InChI is InChI=1S/C14H16N4OS/c1-2-6-15-14-17-12(11-5-8-20-13(11)18-14)16-9-10-4-3-7-19-10/h3-5,7-8H,2,6,9H2,1H3,(H2,15,16,17,18). The van der Waals surface area contributed by atoms with Crippen LogP contribution in [0.15, 0.2) is 34.3 Å². The number of rotatable bonds is 6. The van der Waals surface area contributed by atoms with Gasteiger partial charge in [-0.05, 0) is 30.0 Å². The first-order chi connectivity index (χ1) is 9.86. The molecule has 0 aliphatic rings. The third kappa shape index (κ3) is 2.75. The molecule has 3 aromatic heterocycles. The largest absolute Gasteiger partial charge is 0.467 e. The lowest BCUT2D eigenvalue weighted by molar-refractivity contribution is 0.518. The van der Waals surface area contributed by atoms with Crippen molar-refractivity contribution in [1.29, 1.82) is 0 Å². The summed E-state index contributed by atoms with van der Waals surface area (Å²) in [5, 5.41) is 9.62. The molecule has 2 N–H and O–H groups in total. The molecule has 0 saturated heterocycles. The van der Waals surface area contributed by atoms with Crippen molar-refractivity contribution in [2.45, 2.75) is 19.9 Å². The summed E-state index contributed by atoms with van der Waals surface area (Å²) in [5.74, 6) is 2.39. The van der Waals surface area contributed by atoms with Crippen LogP contribution in [-0.4, -0.2) is 16.5 Å². The van der Waals surface area contributed by atoms with Crippen molar-refractivity contribution in [3.8, 4) is 0 Å². The Kier molecular flexibility index (Phi) is 3.83. The Labute approximate surface area is 121 Å². The monoisotopic (exact) mass is 288 g/mol. The van der Waals surface area contributed by atoms with Crippen molar-refractivity contribution in [3.05, 3.63) is 35.6 Å². The van der Waals surface area contributed by atoms with Gasteiger partial charge in [-0.3, -0.25) is 0 Å². The molecule has 104 valence electrons. The predicted octanol–water partition coefficient (Wildman–Crippen LogP) is 3.72. The second kappa shape index (κ2) is 5.92. The Hall–Kier alpha value is -2.08. The average Bonchev–Trinajstić information content (AvgIpc) is 3.13. The predicted molar refractivity (Wildman–Crippen MR) is 82.2 cm³/mol. The minimum atomic E-state index is 0.613. The summed E-state index contributed by atoms with van der Waals surface area (Å²) in [5.41, 5.74) is 0. The number of nitrogens with one attached hydrogen (secondary N) is 2. The number of anilines is 2. The zero-order valence-electron chi connectivity index (χ0n) is 11.2. The topological polar surface area (TPSA) is 63.0 Å². The molecule has 5 nitrogen and oxygen atoms in total. The molecular weight excluding hydrogens is 272 g/mol. The zero-order chi connectivity index (χ0) is 13.8. The van der Waals surface area contributed by atoms with E-state index in [2.05, 4.69) is 27.5 Å². The van der Waals surface area contributed by atoms with Crippen LogP contribution in [0.2, 0.25) is 0 Å². The van der Waals surface area contributed by atoms with Gasteiger partial charge in [0, 0.05) is 6.54 Å². The van der Waals surface area contributed by atoms with Gasteiger partial charge < -0.3 is 15.1 Å². The van der Waals surface area contributed by atoms with E-state index < -0.39 is 0 Å². The van der Waals surface area contributed by atoms with Gasteiger partial charge in [-0.25, -0.2) is 4.98 Å². The van der Waals surface area contributed by atoms with Crippen LogP contribution in [-0.2, 0) is 6.54 Å². The number of hydrogen-bond donors (Lipinski definition) is 2. The second-order valence-corrected chi connectivity index (χ2v) is 5.29. The van der Waals surface area contributed by atoms with Crippen LogP contribution < -0.4 is 10.6 Å². The van der Waals surface area contributed by atoms with E-state index in [1.54, 1.807) is 17.6 Å². The molecule has 3 aromatic rings. The van der Waals surface area contributed by atoms with Crippen LogP contribution in [0.5, 0.6) is 0 Å². The first-order valence-electron chi connectivity index (χ1n) is 6.62. The molecular formula is C14H16N4OS. The van der Waals surface area contributed by atoms with Crippen LogP contribution >= 0.6 is 11.3 Å². The normalized spacial score (nSPS) is 10.8. The Balaban J connectivity index is 1.85. The maximum atomic E-state index is 5.32. The highest BCUT2D eigenvalue weighted by molar-refractivity contribution is 7.16. The molecule has 0 bridgehead atoms. The number of fused-ring (bicyclic) bond motifs is 1. The van der Waals surface area contributed by atoms with Crippen molar-refractivity contribution in [2.24, 2.45) is 0 Å². The van der Waals surface area contributed by atoms with Gasteiger partial charge in [0.2, 0.25) is 5.95 Å². The molecule has 20 heavy (non-hydrogen) atoms. The molecule has 0 fully saturated rings. The van der Waals surface area contributed by atoms with Crippen molar-refractivity contribution < 1.29 is 4.42 Å². The second-order valence-electron chi connectivity index (χ2n) is 4.39. The Morgan fingerprint density at radius 1 is 1.25 bits per heavy atom. The third-order valence-corrected chi connectivity index (χ3v) is 3.67. The van der Waals surface area contributed by atoms with Gasteiger partial charge in [0.05, 0.1) is 18.2 Å². The van der Waals surface area contributed by atoms with Crippen molar-refractivity contribution in [2.75, 3.05) is 17.2 Å². The fourth-order valence-electron chi connectivity index (χ4n) is 1.89. The lowest BCUT2D eigenvalue weighted by Gasteiger charge is -2.08. The third-order valence-electron chi connectivity index (χ3n) is 2.87. The van der Waals surface area contributed by atoms with E-state index in [0.717, 1.165) is 34.8 Å². The molecule has 3 heterocycles. The first-order valence-corrected chi connectivity index (χ1v) is 7.50. The van der Waals surface area contributed by atoms with Gasteiger partial charge in [0.1, 0.15) is 16.4 Å². The SMILES string of the molecule is CCCNc1nc(NCc2ccco2)c2ccsc2n1. The first kappa shape index (κ1) is 12.9. The van der Waals surface area contributed by atoms with E-state index >= 15 is 0 Å². The van der Waals surface area contributed by atoms with Gasteiger partial charge in [0.15, 0.2) is 0 Å². The highest BCUT2D eigenvalue weighted by atomic mass is 32.1. The van der Waals surface area contributed by atoms with Gasteiger partial charge in [-0.15, -0.1) is 11.3 Å². The van der Waals surface area contributed by atoms with Gasteiger partial charge in [0.25, 0.3) is 0 Å². The Bertz CT molecular complexity index is 678. The molecule has 0 amide bonds. The van der Waals surface area contributed by atoms with Gasteiger partial charge >= 0.3 is 0 Å². The molecule has 0 atom stereocenters. The van der Waals surface area contributed by atoms with Crippen molar-refractivity contribution in [1.82, 2.24) is 9.97 Å². The Morgan fingerprint density at radius 2 is 2.20 bits per heavy atom. The Morgan fingerprint density at radius 3 is 3.00 bits per heavy atom. The molecule has 0 spiro atoms. The van der Waals surface area contributed by atoms with E-state index in [-0.39, 0.29) is 0 Å². The summed E-state index contributed by atoms with van der Waals surface area (Å²) in [4.78, 5) is 10.0. The van der Waals surface area contributed by atoms with Crippen molar-refractivity contribution in [3.63, 3.8) is 0 Å². The van der Waals surface area contributed by atoms with E-state index in [0.29, 0.717) is 12.5 Å². The summed E-state index contributed by atoms with van der Waals surface area (Å²) < 4.78 is 5.32. The molecule has 0 radical (unpaired) electrons. The molecule has 0 saturated carbocycles. The van der Waals surface area contributed by atoms with Crippen LogP contribution in [0.4, 0.5) is 11.8 Å². The number of thiophene rings is 1. The van der Waals surface area contributed by atoms with Crippen LogP contribution in [0.1, 0.15) is 19.1 Å².